The normalized spacial score (nSPS) is 16.6. The van der Waals surface area contributed by atoms with Gasteiger partial charge >= 0.3 is 12.1 Å². The minimum absolute atomic E-state index is 0.191. The van der Waals surface area contributed by atoms with E-state index in [9.17, 15) is 32.3 Å². The molecule has 1 aromatic heterocycles. The Bertz CT molecular complexity index is 1790. The minimum atomic E-state index is -5.04. The number of ether oxygens (including phenoxy) is 2. The molecule has 1 aliphatic heterocycles. The molecule has 5 rings (SSSR count). The number of esters is 1. The summed E-state index contributed by atoms with van der Waals surface area (Å²) in [5.74, 6) is -1.39. The third-order valence-corrected chi connectivity index (χ3v) is 8.15. The van der Waals surface area contributed by atoms with Gasteiger partial charge in [-0.3, -0.25) is 4.79 Å². The Hall–Kier alpha value is -4.65. The van der Waals surface area contributed by atoms with Crippen LogP contribution in [0.3, 0.4) is 0 Å². The van der Waals surface area contributed by atoms with Gasteiger partial charge in [0.2, 0.25) is 0 Å². The van der Waals surface area contributed by atoms with E-state index in [0.29, 0.717) is 34.3 Å². The van der Waals surface area contributed by atoms with Crippen LogP contribution in [0.4, 0.5) is 23.2 Å². The maximum atomic E-state index is 14.5. The van der Waals surface area contributed by atoms with E-state index in [0.717, 1.165) is 12.1 Å². The van der Waals surface area contributed by atoms with Crippen molar-refractivity contribution in [1.82, 2.24) is 15.1 Å². The number of carbonyl (C=O) groups is 2. The molecule has 0 bridgehead atoms. The number of aromatic nitrogens is 2. The highest BCUT2D eigenvalue weighted by atomic mass is 19.4. The molecule has 1 amide bonds. The maximum absolute atomic E-state index is 14.5. The molecule has 1 fully saturated rings. The zero-order valence-corrected chi connectivity index (χ0v) is 25.7. The molecular weight excluding hydrogens is 608 g/mol. The molecule has 3 aromatic carbocycles. The number of hydrogen-bond donors (Lipinski definition) is 3. The zero-order valence-electron chi connectivity index (χ0n) is 25.7. The van der Waals surface area contributed by atoms with E-state index < -0.39 is 53.9 Å². The van der Waals surface area contributed by atoms with Crippen molar-refractivity contribution in [3.05, 3.63) is 83.3 Å². The number of cyclic esters (lactones) is 1. The summed E-state index contributed by atoms with van der Waals surface area (Å²) in [6.07, 6.45) is -3.98. The molecule has 2 atom stereocenters. The van der Waals surface area contributed by atoms with Gasteiger partial charge in [0.05, 0.1) is 37.7 Å². The number of halogens is 4. The van der Waals surface area contributed by atoms with E-state index in [1.807, 2.05) is 0 Å². The first kappa shape index (κ1) is 32.7. The fraction of sp³-hybridized carbons (Fsp3) is 0.364. The van der Waals surface area contributed by atoms with Crippen molar-refractivity contribution >= 4 is 28.5 Å². The van der Waals surface area contributed by atoms with Crippen LogP contribution in [0.5, 0.6) is 5.75 Å². The fourth-order valence-corrected chi connectivity index (χ4v) is 5.81. The van der Waals surface area contributed by atoms with Gasteiger partial charge in [-0.2, -0.15) is 18.3 Å². The van der Waals surface area contributed by atoms with Gasteiger partial charge in [0.1, 0.15) is 17.6 Å². The number of rotatable bonds is 10. The van der Waals surface area contributed by atoms with Crippen LogP contribution in [0.15, 0.2) is 60.8 Å². The molecule has 0 spiro atoms. The van der Waals surface area contributed by atoms with Crippen molar-refractivity contribution in [3.8, 4) is 11.4 Å². The number of aryl methyl sites for hydroxylation is 1. The Morgan fingerprint density at radius 2 is 1.91 bits per heavy atom. The van der Waals surface area contributed by atoms with Crippen molar-refractivity contribution < 1.29 is 41.7 Å². The summed E-state index contributed by atoms with van der Waals surface area (Å²) in [6.45, 7) is 4.08. The highest BCUT2D eigenvalue weighted by molar-refractivity contribution is 5.98. The number of benzene rings is 3. The molecule has 1 saturated heterocycles. The Kier molecular flexibility index (Phi) is 8.73. The zero-order chi connectivity index (χ0) is 33.4. The summed E-state index contributed by atoms with van der Waals surface area (Å²) in [5.41, 5.74) is -2.04. The number of anilines is 1. The average molecular weight is 643 g/mol. The van der Waals surface area contributed by atoms with Crippen molar-refractivity contribution in [2.75, 3.05) is 25.6 Å². The fourth-order valence-electron chi connectivity index (χ4n) is 5.81. The van der Waals surface area contributed by atoms with Gasteiger partial charge in [0.15, 0.2) is 5.60 Å². The highest BCUT2D eigenvalue weighted by Crippen LogP contribution is 2.44. The van der Waals surface area contributed by atoms with Crippen LogP contribution < -0.4 is 15.4 Å². The first-order valence-electron chi connectivity index (χ1n) is 14.6. The number of nitrogens with zero attached hydrogens (tertiary/aromatic N) is 2. The summed E-state index contributed by atoms with van der Waals surface area (Å²) in [4.78, 5) is 24.6. The van der Waals surface area contributed by atoms with Gasteiger partial charge in [0, 0.05) is 28.6 Å². The molecule has 2 heterocycles. The Labute approximate surface area is 262 Å². The summed E-state index contributed by atoms with van der Waals surface area (Å²) < 4.78 is 69.4. The SMILES string of the molecule is COc1ccc(F)cc1C(C)(C)CC(O)(CNc1cc(C)cc2c1cnn2-c1cccc(C(=O)N[C@@H]2CCOC2=O)c1)C(F)(F)F. The van der Waals surface area contributed by atoms with Crippen LogP contribution in [0.25, 0.3) is 16.6 Å². The molecule has 4 aromatic rings. The molecule has 244 valence electrons. The van der Waals surface area contributed by atoms with E-state index in [-0.39, 0.29) is 23.5 Å². The van der Waals surface area contributed by atoms with Crippen LogP contribution in [-0.2, 0) is 14.9 Å². The quantitative estimate of drug-likeness (QED) is 0.152. The smallest absolute Gasteiger partial charge is 0.418 e. The molecule has 13 heteroatoms. The monoisotopic (exact) mass is 642 g/mol. The number of hydrogen-bond acceptors (Lipinski definition) is 7. The lowest BCUT2D eigenvalue weighted by Crippen LogP contribution is -2.53. The van der Waals surface area contributed by atoms with E-state index in [1.54, 1.807) is 48.0 Å². The second-order valence-electron chi connectivity index (χ2n) is 12.1. The standard InChI is InChI=1S/C33H34F4N4O5/c1-19-12-26(38-18-32(44,33(35,36)37)17-31(2,3)24-15-21(34)8-9-28(24)45-4)23-16-39-41(27(23)13-19)22-7-5-6-20(14-22)29(42)40-25-10-11-46-30(25)43/h5-9,12-16,25,38,44H,10-11,17-18H2,1-4H3,(H,40,42)/t25-,32?/m1/s1. The summed E-state index contributed by atoms with van der Waals surface area (Å²) in [5, 5.41) is 21.5. The van der Waals surface area contributed by atoms with Crippen molar-refractivity contribution in [3.63, 3.8) is 0 Å². The van der Waals surface area contributed by atoms with Crippen LogP contribution >= 0.6 is 0 Å². The van der Waals surface area contributed by atoms with Crippen LogP contribution in [0.2, 0.25) is 0 Å². The Morgan fingerprint density at radius 1 is 1.15 bits per heavy atom. The topological polar surface area (TPSA) is 115 Å². The Balaban J connectivity index is 1.43. The molecular formula is C33H34F4N4O5. The minimum Gasteiger partial charge on any atom is -0.496 e. The van der Waals surface area contributed by atoms with Gasteiger partial charge in [0.25, 0.3) is 5.91 Å². The average Bonchev–Trinajstić information content (AvgIpc) is 3.60. The van der Waals surface area contributed by atoms with Gasteiger partial charge < -0.3 is 25.2 Å². The largest absolute Gasteiger partial charge is 0.496 e. The number of fused-ring (bicyclic) bond motifs is 1. The first-order valence-corrected chi connectivity index (χ1v) is 14.6. The molecule has 0 aliphatic carbocycles. The number of alkyl halides is 3. The number of amides is 1. The van der Waals surface area contributed by atoms with Gasteiger partial charge in [-0.25, -0.2) is 13.9 Å². The molecule has 3 N–H and O–H groups in total. The molecule has 1 unspecified atom stereocenters. The van der Waals surface area contributed by atoms with Crippen LogP contribution in [0.1, 0.15) is 48.2 Å². The van der Waals surface area contributed by atoms with E-state index >= 15 is 0 Å². The predicted molar refractivity (Wildman–Crippen MR) is 163 cm³/mol. The number of methoxy groups -OCH3 is 1. The second kappa shape index (κ2) is 12.3. The van der Waals surface area contributed by atoms with Gasteiger partial charge in [-0.15, -0.1) is 0 Å². The number of nitrogens with one attached hydrogen (secondary N) is 2. The van der Waals surface area contributed by atoms with E-state index in [1.165, 1.54) is 33.2 Å². The molecule has 0 radical (unpaired) electrons. The van der Waals surface area contributed by atoms with E-state index in [4.69, 9.17) is 9.47 Å². The van der Waals surface area contributed by atoms with Crippen LogP contribution in [0, 0.1) is 12.7 Å². The van der Waals surface area contributed by atoms with Gasteiger partial charge in [-0.1, -0.05) is 19.9 Å². The molecule has 0 saturated carbocycles. The molecule has 9 nitrogen and oxygen atoms in total. The molecule has 46 heavy (non-hydrogen) atoms. The number of carbonyl (C=O) groups excluding carboxylic acids is 2. The van der Waals surface area contributed by atoms with Crippen molar-refractivity contribution in [2.45, 2.75) is 56.8 Å². The lowest BCUT2D eigenvalue weighted by Gasteiger charge is -2.38. The maximum Gasteiger partial charge on any atom is 0.418 e. The van der Waals surface area contributed by atoms with Crippen molar-refractivity contribution in [1.29, 1.82) is 0 Å². The first-order chi connectivity index (χ1) is 21.6. The highest BCUT2D eigenvalue weighted by Gasteiger charge is 2.56. The van der Waals surface area contributed by atoms with E-state index in [2.05, 4.69) is 15.7 Å². The van der Waals surface area contributed by atoms with Gasteiger partial charge in [-0.05, 0) is 72.9 Å². The lowest BCUT2D eigenvalue weighted by atomic mass is 9.74. The third-order valence-electron chi connectivity index (χ3n) is 8.15. The predicted octanol–water partition coefficient (Wildman–Crippen LogP) is 5.60. The lowest BCUT2D eigenvalue weighted by molar-refractivity contribution is -0.260. The third kappa shape index (κ3) is 6.50. The summed E-state index contributed by atoms with van der Waals surface area (Å²) in [6, 6.07) is 12.9. The summed E-state index contributed by atoms with van der Waals surface area (Å²) in [7, 11) is 1.34. The van der Waals surface area contributed by atoms with Crippen LogP contribution in [-0.4, -0.2) is 64.8 Å². The summed E-state index contributed by atoms with van der Waals surface area (Å²) >= 11 is 0. The van der Waals surface area contributed by atoms with Crippen molar-refractivity contribution in [2.24, 2.45) is 0 Å². The molecule has 1 aliphatic rings. The Morgan fingerprint density at radius 3 is 2.59 bits per heavy atom. The second-order valence-corrected chi connectivity index (χ2v) is 12.1. The number of aliphatic hydroxyl groups is 1.